The summed E-state index contributed by atoms with van der Waals surface area (Å²) in [6.45, 7) is 0.801. The van der Waals surface area contributed by atoms with Crippen LogP contribution in [0.15, 0.2) is 12.7 Å². The Morgan fingerprint density at radius 1 is 1.50 bits per heavy atom. The Bertz CT molecular complexity index is 458. The molecule has 20 heavy (non-hydrogen) atoms. The molecule has 110 valence electrons. The lowest BCUT2D eigenvalue weighted by atomic mass is 9.84. The first kappa shape index (κ1) is 13.5. The van der Waals surface area contributed by atoms with Crippen molar-refractivity contribution >= 4 is 5.97 Å². The van der Waals surface area contributed by atoms with E-state index in [0.717, 1.165) is 32.2 Å². The highest BCUT2D eigenvalue weighted by Gasteiger charge is 2.51. The van der Waals surface area contributed by atoms with Gasteiger partial charge in [-0.1, -0.05) is 6.42 Å². The van der Waals surface area contributed by atoms with E-state index in [0.29, 0.717) is 12.0 Å². The molecule has 2 unspecified atom stereocenters. The molecule has 1 heterocycles. The summed E-state index contributed by atoms with van der Waals surface area (Å²) >= 11 is 0. The van der Waals surface area contributed by atoms with Crippen molar-refractivity contribution in [1.82, 2.24) is 20.1 Å². The van der Waals surface area contributed by atoms with E-state index in [2.05, 4.69) is 15.4 Å². The summed E-state index contributed by atoms with van der Waals surface area (Å²) in [5, 5.41) is 7.71. The third kappa shape index (κ3) is 2.57. The topological polar surface area (TPSA) is 69.0 Å². The summed E-state index contributed by atoms with van der Waals surface area (Å²) in [6, 6.07) is 0.501. The molecule has 0 bridgehead atoms. The fourth-order valence-electron chi connectivity index (χ4n) is 3.40. The largest absolute Gasteiger partial charge is 0.468 e. The van der Waals surface area contributed by atoms with Crippen LogP contribution in [0.5, 0.6) is 0 Å². The maximum absolute atomic E-state index is 12.4. The summed E-state index contributed by atoms with van der Waals surface area (Å²) in [5.74, 6) is 0.227. The zero-order valence-electron chi connectivity index (χ0n) is 11.9. The minimum atomic E-state index is -0.476. The highest BCUT2D eigenvalue weighted by atomic mass is 16.5. The first-order chi connectivity index (χ1) is 9.74. The highest BCUT2D eigenvalue weighted by molar-refractivity contribution is 5.81. The van der Waals surface area contributed by atoms with Crippen molar-refractivity contribution in [3.63, 3.8) is 0 Å². The minimum Gasteiger partial charge on any atom is -0.468 e. The predicted molar refractivity (Wildman–Crippen MR) is 72.9 cm³/mol. The van der Waals surface area contributed by atoms with Gasteiger partial charge in [-0.2, -0.15) is 5.10 Å². The Hall–Kier alpha value is -1.43. The van der Waals surface area contributed by atoms with E-state index < -0.39 is 5.54 Å². The molecule has 6 heteroatoms. The molecule has 0 amide bonds. The van der Waals surface area contributed by atoms with E-state index in [1.807, 2.05) is 4.68 Å². The van der Waals surface area contributed by atoms with Gasteiger partial charge < -0.3 is 4.74 Å². The van der Waals surface area contributed by atoms with Crippen LogP contribution < -0.4 is 5.32 Å². The number of esters is 1. The van der Waals surface area contributed by atoms with E-state index >= 15 is 0 Å². The molecule has 2 atom stereocenters. The van der Waals surface area contributed by atoms with Crippen LogP contribution in [0, 0.1) is 5.92 Å². The van der Waals surface area contributed by atoms with Gasteiger partial charge in [-0.05, 0) is 38.0 Å². The SMILES string of the molecule is COC(=O)C1(NC2CC2)CCCC1CCn1cncn1. The van der Waals surface area contributed by atoms with Crippen molar-refractivity contribution in [3.8, 4) is 0 Å². The Labute approximate surface area is 118 Å². The van der Waals surface area contributed by atoms with Crippen LogP contribution in [-0.4, -0.2) is 39.4 Å². The number of hydrogen-bond acceptors (Lipinski definition) is 5. The van der Waals surface area contributed by atoms with Crippen molar-refractivity contribution in [2.45, 2.75) is 56.7 Å². The second-order valence-electron chi connectivity index (χ2n) is 5.92. The van der Waals surface area contributed by atoms with Gasteiger partial charge >= 0.3 is 5.97 Å². The fourth-order valence-corrected chi connectivity index (χ4v) is 3.40. The molecule has 2 aliphatic rings. The average molecular weight is 278 g/mol. The quantitative estimate of drug-likeness (QED) is 0.790. The maximum Gasteiger partial charge on any atom is 0.326 e. The standard InChI is InChI=1S/C14H22N4O2/c1-20-13(19)14(17-12-4-5-12)7-2-3-11(14)6-8-18-10-15-9-16-18/h9-12,17H,2-8H2,1H3. The molecule has 2 saturated carbocycles. The average Bonchev–Trinajstić information content (AvgIpc) is 2.96. The number of methoxy groups -OCH3 is 1. The van der Waals surface area contributed by atoms with Gasteiger partial charge in [0.2, 0.25) is 0 Å². The summed E-state index contributed by atoms with van der Waals surface area (Å²) in [4.78, 5) is 16.3. The number of ether oxygens (including phenoxy) is 1. The molecule has 0 radical (unpaired) electrons. The zero-order valence-corrected chi connectivity index (χ0v) is 11.9. The van der Waals surface area contributed by atoms with Crippen molar-refractivity contribution in [1.29, 1.82) is 0 Å². The smallest absolute Gasteiger partial charge is 0.326 e. The van der Waals surface area contributed by atoms with Crippen LogP contribution in [0.1, 0.15) is 38.5 Å². The molecule has 0 spiro atoms. The molecule has 0 aliphatic heterocycles. The van der Waals surface area contributed by atoms with Gasteiger partial charge in [-0.15, -0.1) is 0 Å². The normalized spacial score (nSPS) is 29.6. The number of aryl methyl sites for hydroxylation is 1. The van der Waals surface area contributed by atoms with Crippen molar-refractivity contribution in [3.05, 3.63) is 12.7 Å². The second kappa shape index (κ2) is 5.52. The Kier molecular flexibility index (Phi) is 3.74. The van der Waals surface area contributed by atoms with E-state index in [4.69, 9.17) is 4.74 Å². The molecule has 6 nitrogen and oxygen atoms in total. The summed E-state index contributed by atoms with van der Waals surface area (Å²) in [6.07, 6.45) is 9.59. The molecule has 3 rings (SSSR count). The second-order valence-corrected chi connectivity index (χ2v) is 5.92. The molecule has 0 aromatic carbocycles. The van der Waals surface area contributed by atoms with E-state index in [1.165, 1.54) is 20.0 Å². The lowest BCUT2D eigenvalue weighted by Gasteiger charge is -2.34. The Morgan fingerprint density at radius 3 is 3.00 bits per heavy atom. The van der Waals surface area contributed by atoms with E-state index in [-0.39, 0.29) is 5.97 Å². The summed E-state index contributed by atoms with van der Waals surface area (Å²) < 4.78 is 6.93. The van der Waals surface area contributed by atoms with Gasteiger partial charge in [-0.25, -0.2) is 4.98 Å². The van der Waals surface area contributed by atoms with Gasteiger partial charge in [0.15, 0.2) is 0 Å². The van der Waals surface area contributed by atoms with Gasteiger partial charge in [0.25, 0.3) is 0 Å². The first-order valence-electron chi connectivity index (χ1n) is 7.43. The molecule has 1 aromatic heterocycles. The van der Waals surface area contributed by atoms with Crippen LogP contribution in [0.25, 0.3) is 0 Å². The Morgan fingerprint density at radius 2 is 2.35 bits per heavy atom. The number of carbonyl (C=O) groups is 1. The molecule has 1 N–H and O–H groups in total. The van der Waals surface area contributed by atoms with Crippen LogP contribution >= 0.6 is 0 Å². The number of carbonyl (C=O) groups excluding carboxylic acids is 1. The van der Waals surface area contributed by atoms with E-state index in [1.54, 1.807) is 12.7 Å². The highest BCUT2D eigenvalue weighted by Crippen LogP contribution is 2.41. The van der Waals surface area contributed by atoms with Gasteiger partial charge in [0.05, 0.1) is 7.11 Å². The third-order valence-corrected chi connectivity index (χ3v) is 4.58. The zero-order chi connectivity index (χ0) is 14.0. The molecule has 2 aliphatic carbocycles. The van der Waals surface area contributed by atoms with Crippen molar-refractivity contribution in [2.24, 2.45) is 5.92 Å². The van der Waals surface area contributed by atoms with Gasteiger partial charge in [-0.3, -0.25) is 14.8 Å². The summed E-state index contributed by atoms with van der Waals surface area (Å²) in [5.41, 5.74) is -0.476. The number of aromatic nitrogens is 3. The number of nitrogens with zero attached hydrogens (tertiary/aromatic N) is 3. The van der Waals surface area contributed by atoms with E-state index in [9.17, 15) is 4.79 Å². The molecule has 0 saturated heterocycles. The van der Waals surface area contributed by atoms with Crippen LogP contribution in [0.3, 0.4) is 0 Å². The van der Waals surface area contributed by atoms with Crippen LogP contribution in [-0.2, 0) is 16.1 Å². The number of hydrogen-bond donors (Lipinski definition) is 1. The maximum atomic E-state index is 12.4. The Balaban J connectivity index is 1.70. The lowest BCUT2D eigenvalue weighted by Crippen LogP contribution is -2.56. The van der Waals surface area contributed by atoms with Crippen LogP contribution in [0.2, 0.25) is 0 Å². The predicted octanol–water partition coefficient (Wildman–Crippen LogP) is 1.13. The fraction of sp³-hybridized carbons (Fsp3) is 0.786. The molecule has 1 aromatic rings. The number of rotatable bonds is 6. The minimum absolute atomic E-state index is 0.0921. The van der Waals surface area contributed by atoms with Gasteiger partial charge in [0, 0.05) is 12.6 Å². The summed E-state index contributed by atoms with van der Waals surface area (Å²) in [7, 11) is 1.49. The molecular weight excluding hydrogens is 256 g/mol. The molecular formula is C14H22N4O2. The first-order valence-corrected chi connectivity index (χ1v) is 7.43. The third-order valence-electron chi connectivity index (χ3n) is 4.58. The van der Waals surface area contributed by atoms with Gasteiger partial charge in [0.1, 0.15) is 18.2 Å². The van der Waals surface area contributed by atoms with Crippen LogP contribution in [0.4, 0.5) is 0 Å². The number of nitrogens with one attached hydrogen (secondary N) is 1. The van der Waals surface area contributed by atoms with Crippen molar-refractivity contribution < 1.29 is 9.53 Å². The lowest BCUT2D eigenvalue weighted by molar-refractivity contribution is -0.150. The molecule has 2 fully saturated rings. The monoisotopic (exact) mass is 278 g/mol. The van der Waals surface area contributed by atoms with Crippen molar-refractivity contribution in [2.75, 3.05) is 7.11 Å².